The van der Waals surface area contributed by atoms with Crippen LogP contribution in [0.1, 0.15) is 34.6 Å². The largest absolute Gasteiger partial charge is 0.443 e. The van der Waals surface area contributed by atoms with Gasteiger partial charge in [-0.2, -0.15) is 4.31 Å². The molecule has 0 bridgehead atoms. The van der Waals surface area contributed by atoms with Crippen molar-refractivity contribution in [2.75, 3.05) is 6.61 Å². The van der Waals surface area contributed by atoms with E-state index in [0.29, 0.717) is 0 Å². The van der Waals surface area contributed by atoms with Crippen LogP contribution in [0.5, 0.6) is 0 Å². The highest BCUT2D eigenvalue weighted by Crippen LogP contribution is 2.27. The smallest absolute Gasteiger partial charge is 0.424 e. The number of nitrogens with zero attached hydrogens (tertiary/aromatic N) is 1. The third-order valence-electron chi connectivity index (χ3n) is 1.77. The van der Waals surface area contributed by atoms with Crippen molar-refractivity contribution in [2.24, 2.45) is 0 Å². The Labute approximate surface area is 92.5 Å². The molecular formula is C9H17NO4S. The van der Waals surface area contributed by atoms with Crippen molar-refractivity contribution in [1.82, 2.24) is 4.31 Å². The monoisotopic (exact) mass is 235 g/mol. The minimum absolute atomic E-state index is 0.249. The lowest BCUT2D eigenvalue weighted by Crippen LogP contribution is -2.46. The molecule has 88 valence electrons. The number of hydrogen-bond donors (Lipinski definition) is 0. The van der Waals surface area contributed by atoms with Crippen LogP contribution in [0.15, 0.2) is 0 Å². The minimum Gasteiger partial charge on any atom is -0.443 e. The topological polar surface area (TPSA) is 55.8 Å². The van der Waals surface area contributed by atoms with Gasteiger partial charge in [-0.15, -0.1) is 0 Å². The molecule has 0 spiro atoms. The highest BCUT2D eigenvalue weighted by molar-refractivity contribution is 7.78. The number of ether oxygens (including phenoxy) is 1. The van der Waals surface area contributed by atoms with Gasteiger partial charge in [0.15, 0.2) is 0 Å². The molecule has 0 aromatic heterocycles. The molecule has 1 saturated heterocycles. The summed E-state index contributed by atoms with van der Waals surface area (Å²) in [7, 11) is 0. The summed E-state index contributed by atoms with van der Waals surface area (Å²) >= 11 is -1.74. The highest BCUT2D eigenvalue weighted by atomic mass is 32.2. The average molecular weight is 235 g/mol. The Bertz CT molecular complexity index is 295. The second-order valence-electron chi connectivity index (χ2n) is 5.07. The van der Waals surface area contributed by atoms with Gasteiger partial charge in [-0.05, 0) is 34.6 Å². The Hall–Kier alpha value is -0.620. The zero-order chi connectivity index (χ0) is 11.9. The summed E-state index contributed by atoms with van der Waals surface area (Å²) in [4.78, 5) is 11.7. The first-order chi connectivity index (χ1) is 6.63. The van der Waals surface area contributed by atoms with Crippen molar-refractivity contribution in [3.05, 3.63) is 0 Å². The van der Waals surface area contributed by atoms with Gasteiger partial charge in [-0.25, -0.2) is 9.00 Å². The van der Waals surface area contributed by atoms with Crippen LogP contribution in [-0.4, -0.2) is 32.4 Å². The lowest BCUT2D eigenvalue weighted by atomic mass is 10.1. The molecule has 0 aromatic rings. The molecule has 1 heterocycles. The zero-order valence-corrected chi connectivity index (χ0v) is 10.5. The van der Waals surface area contributed by atoms with E-state index in [9.17, 15) is 9.00 Å². The number of amides is 1. The number of carbonyl (C=O) groups excluding carboxylic acids is 1. The van der Waals surface area contributed by atoms with Crippen LogP contribution in [-0.2, 0) is 20.2 Å². The zero-order valence-electron chi connectivity index (χ0n) is 9.70. The molecule has 0 aliphatic carbocycles. The molecular weight excluding hydrogens is 218 g/mol. The summed E-state index contributed by atoms with van der Waals surface area (Å²) in [6, 6.07) is 0. The molecule has 15 heavy (non-hydrogen) atoms. The Morgan fingerprint density at radius 2 is 2.00 bits per heavy atom. The van der Waals surface area contributed by atoms with Crippen LogP contribution >= 0.6 is 0 Å². The standard InChI is InChI=1S/C9H17NO4S/c1-8(2,3)14-7(11)10-9(4,5)6-13-15(10)12/h6H2,1-5H3. The summed E-state index contributed by atoms with van der Waals surface area (Å²) in [6.07, 6.45) is -0.608. The molecule has 0 saturated carbocycles. The van der Waals surface area contributed by atoms with Crippen molar-refractivity contribution >= 4 is 17.4 Å². The van der Waals surface area contributed by atoms with Gasteiger partial charge in [0, 0.05) is 0 Å². The van der Waals surface area contributed by atoms with Crippen LogP contribution < -0.4 is 0 Å². The molecule has 1 atom stereocenters. The number of rotatable bonds is 0. The van der Waals surface area contributed by atoms with E-state index < -0.39 is 28.5 Å². The van der Waals surface area contributed by atoms with E-state index in [4.69, 9.17) is 8.92 Å². The van der Waals surface area contributed by atoms with Crippen molar-refractivity contribution in [3.8, 4) is 0 Å². The Morgan fingerprint density at radius 3 is 2.33 bits per heavy atom. The SMILES string of the molecule is CC(C)(C)OC(=O)N1S(=O)OCC1(C)C. The van der Waals surface area contributed by atoms with E-state index in [2.05, 4.69) is 0 Å². The van der Waals surface area contributed by atoms with E-state index in [0.717, 1.165) is 4.31 Å². The maximum Gasteiger partial charge on any atom is 0.424 e. The second kappa shape index (κ2) is 3.75. The van der Waals surface area contributed by atoms with Crippen LogP contribution in [0, 0.1) is 0 Å². The first kappa shape index (κ1) is 12.4. The Morgan fingerprint density at radius 1 is 1.47 bits per heavy atom. The lowest BCUT2D eigenvalue weighted by molar-refractivity contribution is 0.0297. The maximum atomic E-state index is 11.7. The number of carbonyl (C=O) groups is 1. The predicted molar refractivity (Wildman–Crippen MR) is 56.2 cm³/mol. The quantitative estimate of drug-likeness (QED) is 0.640. The van der Waals surface area contributed by atoms with E-state index in [1.54, 1.807) is 34.6 Å². The molecule has 1 rings (SSSR count). The summed E-state index contributed by atoms with van der Waals surface area (Å²) in [5.74, 6) is 0. The normalized spacial score (nSPS) is 25.4. The van der Waals surface area contributed by atoms with Crippen LogP contribution in [0.3, 0.4) is 0 Å². The van der Waals surface area contributed by atoms with Gasteiger partial charge >= 0.3 is 6.09 Å². The molecule has 0 aromatic carbocycles. The van der Waals surface area contributed by atoms with Gasteiger partial charge in [0.1, 0.15) is 5.60 Å². The van der Waals surface area contributed by atoms with E-state index in [1.807, 2.05) is 0 Å². The summed E-state index contributed by atoms with van der Waals surface area (Å²) < 4.78 is 22.6. The van der Waals surface area contributed by atoms with E-state index in [-0.39, 0.29) is 6.61 Å². The second-order valence-corrected chi connectivity index (χ2v) is 6.10. The molecule has 0 N–H and O–H groups in total. The molecule has 1 fully saturated rings. The molecule has 5 nitrogen and oxygen atoms in total. The fraction of sp³-hybridized carbons (Fsp3) is 0.889. The van der Waals surface area contributed by atoms with E-state index >= 15 is 0 Å². The van der Waals surface area contributed by atoms with Crippen LogP contribution in [0.4, 0.5) is 4.79 Å². The lowest BCUT2D eigenvalue weighted by Gasteiger charge is -2.29. The molecule has 0 radical (unpaired) electrons. The average Bonchev–Trinajstić information content (AvgIpc) is 2.21. The first-order valence-corrected chi connectivity index (χ1v) is 5.75. The molecule has 1 amide bonds. The van der Waals surface area contributed by atoms with Gasteiger partial charge in [0.2, 0.25) is 0 Å². The number of hydrogen-bond acceptors (Lipinski definition) is 4. The third kappa shape index (κ3) is 2.92. The molecule has 1 unspecified atom stereocenters. The predicted octanol–water partition coefficient (Wildman–Crippen LogP) is 1.61. The van der Waals surface area contributed by atoms with Crippen molar-refractivity contribution in [1.29, 1.82) is 0 Å². The van der Waals surface area contributed by atoms with Gasteiger partial charge < -0.3 is 4.74 Å². The highest BCUT2D eigenvalue weighted by Gasteiger charge is 2.45. The fourth-order valence-corrected chi connectivity index (χ4v) is 2.23. The van der Waals surface area contributed by atoms with Gasteiger partial charge in [0.05, 0.1) is 12.1 Å². The molecule has 1 aliphatic rings. The molecule has 1 aliphatic heterocycles. The third-order valence-corrected chi connectivity index (χ3v) is 3.03. The van der Waals surface area contributed by atoms with E-state index in [1.165, 1.54) is 0 Å². The van der Waals surface area contributed by atoms with Crippen molar-refractivity contribution < 1.29 is 17.9 Å². The van der Waals surface area contributed by atoms with Gasteiger partial charge in [-0.3, -0.25) is 4.18 Å². The van der Waals surface area contributed by atoms with Crippen molar-refractivity contribution in [2.45, 2.75) is 45.8 Å². The first-order valence-electron chi connectivity index (χ1n) is 4.72. The van der Waals surface area contributed by atoms with Gasteiger partial charge in [-0.1, -0.05) is 0 Å². The van der Waals surface area contributed by atoms with Crippen LogP contribution in [0.2, 0.25) is 0 Å². The summed E-state index contributed by atoms with van der Waals surface area (Å²) in [5, 5.41) is 0. The Balaban J connectivity index is 2.79. The summed E-state index contributed by atoms with van der Waals surface area (Å²) in [6.45, 7) is 9.09. The minimum atomic E-state index is -1.74. The summed E-state index contributed by atoms with van der Waals surface area (Å²) in [5.41, 5.74) is -1.19. The molecule has 6 heteroatoms. The van der Waals surface area contributed by atoms with Crippen LogP contribution in [0.25, 0.3) is 0 Å². The maximum absolute atomic E-state index is 11.7. The van der Waals surface area contributed by atoms with Crippen molar-refractivity contribution in [3.63, 3.8) is 0 Å². The Kier molecular flexibility index (Phi) is 3.11. The fourth-order valence-electron chi connectivity index (χ4n) is 1.12. The van der Waals surface area contributed by atoms with Gasteiger partial charge in [0.25, 0.3) is 11.3 Å².